The van der Waals surface area contributed by atoms with Crippen LogP contribution in [0.1, 0.15) is 46.6 Å². The first kappa shape index (κ1) is 18.9. The molecule has 1 unspecified atom stereocenters. The van der Waals surface area contributed by atoms with Crippen LogP contribution in [0.3, 0.4) is 0 Å². The Kier molecular flexibility index (Phi) is 4.24. The van der Waals surface area contributed by atoms with Crippen LogP contribution in [0.25, 0.3) is 10.8 Å². The first-order valence-corrected chi connectivity index (χ1v) is 9.43. The molecule has 2 aliphatic rings. The minimum atomic E-state index is -0.685. The molecule has 3 heterocycles. The summed E-state index contributed by atoms with van der Waals surface area (Å²) in [5.74, 6) is -0.752. The van der Waals surface area contributed by atoms with Crippen LogP contribution in [0.15, 0.2) is 35.3 Å². The van der Waals surface area contributed by atoms with Gasteiger partial charge in [-0.3, -0.25) is 19.7 Å². The number of hydrogen-bond donors (Lipinski definition) is 1. The van der Waals surface area contributed by atoms with Crippen molar-refractivity contribution in [3.05, 3.63) is 40.8 Å². The smallest absolute Gasteiger partial charge is 0.399 e. The van der Waals surface area contributed by atoms with Crippen molar-refractivity contribution in [3.8, 4) is 0 Å². The Balaban J connectivity index is 1.74. The fourth-order valence-corrected chi connectivity index (χ4v) is 3.59. The minimum Gasteiger partial charge on any atom is -0.399 e. The molecule has 7 nitrogen and oxygen atoms in total. The second-order valence-corrected chi connectivity index (χ2v) is 8.43. The summed E-state index contributed by atoms with van der Waals surface area (Å²) in [6, 6.07) is 6.62. The highest BCUT2D eigenvalue weighted by Gasteiger charge is 2.51. The number of nitrogens with zero attached hydrogens (tertiary/aromatic N) is 1. The number of hydrogen-bond acceptors (Lipinski definition) is 5. The van der Waals surface area contributed by atoms with Gasteiger partial charge in [-0.25, -0.2) is 0 Å². The second kappa shape index (κ2) is 6.29. The molecule has 1 aromatic heterocycles. The van der Waals surface area contributed by atoms with Gasteiger partial charge >= 0.3 is 7.12 Å². The Morgan fingerprint density at radius 1 is 1.07 bits per heavy atom. The van der Waals surface area contributed by atoms with Crippen molar-refractivity contribution in [3.63, 3.8) is 0 Å². The topological polar surface area (TPSA) is 86.6 Å². The molecule has 2 saturated heterocycles. The first-order chi connectivity index (χ1) is 13.1. The van der Waals surface area contributed by atoms with Crippen molar-refractivity contribution in [2.75, 3.05) is 0 Å². The van der Waals surface area contributed by atoms with Crippen LogP contribution in [0.4, 0.5) is 0 Å². The number of fused-ring (bicyclic) bond motifs is 1. The van der Waals surface area contributed by atoms with Crippen molar-refractivity contribution in [1.29, 1.82) is 0 Å². The van der Waals surface area contributed by atoms with Gasteiger partial charge in [0.2, 0.25) is 11.8 Å². The molecule has 28 heavy (non-hydrogen) atoms. The average Bonchev–Trinajstić information content (AvgIpc) is 2.84. The highest BCUT2D eigenvalue weighted by atomic mass is 16.7. The number of rotatable bonds is 2. The van der Waals surface area contributed by atoms with E-state index >= 15 is 0 Å². The van der Waals surface area contributed by atoms with Gasteiger partial charge in [-0.15, -0.1) is 0 Å². The SMILES string of the molecule is CC1(C)OB(c2ccc3ccn(C4CCC(=O)NC4=O)c(=O)c3c2)OC1(C)C. The van der Waals surface area contributed by atoms with Gasteiger partial charge in [0.15, 0.2) is 0 Å². The molecule has 1 atom stereocenters. The van der Waals surface area contributed by atoms with Gasteiger partial charge in [0.05, 0.1) is 11.2 Å². The monoisotopic (exact) mass is 382 g/mol. The summed E-state index contributed by atoms with van der Waals surface area (Å²) in [6.07, 6.45) is 2.14. The van der Waals surface area contributed by atoms with Crippen molar-refractivity contribution < 1.29 is 18.9 Å². The lowest BCUT2D eigenvalue weighted by Crippen LogP contribution is -2.44. The zero-order valence-corrected chi connectivity index (χ0v) is 16.4. The molecule has 146 valence electrons. The number of carbonyl (C=O) groups excluding carboxylic acids is 2. The third kappa shape index (κ3) is 2.97. The lowest BCUT2D eigenvalue weighted by atomic mass is 9.78. The van der Waals surface area contributed by atoms with Crippen LogP contribution >= 0.6 is 0 Å². The summed E-state index contributed by atoms with van der Waals surface area (Å²) in [5.41, 5.74) is -0.471. The summed E-state index contributed by atoms with van der Waals surface area (Å²) in [6.45, 7) is 7.90. The maximum Gasteiger partial charge on any atom is 0.494 e. The van der Waals surface area contributed by atoms with Crippen LogP contribution in [0.5, 0.6) is 0 Å². The Labute approximate surface area is 163 Å². The van der Waals surface area contributed by atoms with Gasteiger partial charge in [-0.1, -0.05) is 12.1 Å². The minimum absolute atomic E-state index is 0.217. The van der Waals surface area contributed by atoms with Crippen LogP contribution in [-0.4, -0.2) is 34.7 Å². The number of nitrogens with one attached hydrogen (secondary N) is 1. The standard InChI is InChI=1S/C20H23BN2O5/c1-19(2)20(3,4)28-21(27-19)13-6-5-12-9-10-23(18(26)14(12)11-13)15-7-8-16(24)22-17(15)25/h5-6,9-11,15H,7-8H2,1-4H3,(H,22,24,25). The summed E-state index contributed by atoms with van der Waals surface area (Å²) in [5, 5.41) is 3.56. The van der Waals surface area contributed by atoms with Gasteiger partial charge in [-0.05, 0) is 57.1 Å². The molecule has 1 aromatic carbocycles. The van der Waals surface area contributed by atoms with Gasteiger partial charge in [0.25, 0.3) is 5.56 Å². The van der Waals surface area contributed by atoms with Crippen LogP contribution in [0, 0.1) is 0 Å². The molecule has 2 aromatic rings. The summed E-state index contributed by atoms with van der Waals surface area (Å²) >= 11 is 0. The van der Waals surface area contributed by atoms with E-state index in [1.54, 1.807) is 18.3 Å². The van der Waals surface area contributed by atoms with Gasteiger partial charge in [-0.2, -0.15) is 0 Å². The fourth-order valence-electron chi connectivity index (χ4n) is 3.59. The Morgan fingerprint density at radius 2 is 1.75 bits per heavy atom. The maximum absolute atomic E-state index is 13.1. The predicted molar refractivity (Wildman–Crippen MR) is 105 cm³/mol. The Hall–Kier alpha value is -2.45. The quantitative estimate of drug-likeness (QED) is 0.625. The van der Waals surface area contributed by atoms with Crippen LogP contribution < -0.4 is 16.3 Å². The largest absolute Gasteiger partial charge is 0.494 e. The molecule has 4 rings (SSSR count). The highest BCUT2D eigenvalue weighted by Crippen LogP contribution is 2.36. The number of aromatic nitrogens is 1. The summed E-state index contributed by atoms with van der Waals surface area (Å²) < 4.78 is 13.6. The molecular weight excluding hydrogens is 359 g/mol. The Morgan fingerprint density at radius 3 is 2.39 bits per heavy atom. The van der Waals surface area contributed by atoms with Crippen molar-refractivity contribution in [1.82, 2.24) is 9.88 Å². The van der Waals surface area contributed by atoms with E-state index in [1.807, 2.05) is 39.8 Å². The third-order valence-corrected chi connectivity index (χ3v) is 6.03. The third-order valence-electron chi connectivity index (χ3n) is 6.03. The lowest BCUT2D eigenvalue weighted by Gasteiger charge is -2.32. The number of imide groups is 1. The number of pyridine rings is 1. The fraction of sp³-hybridized carbons (Fsp3) is 0.450. The maximum atomic E-state index is 13.1. The molecule has 0 radical (unpaired) electrons. The molecule has 0 aliphatic carbocycles. The summed E-state index contributed by atoms with van der Waals surface area (Å²) in [4.78, 5) is 36.7. The average molecular weight is 382 g/mol. The lowest BCUT2D eigenvalue weighted by molar-refractivity contribution is -0.135. The van der Waals surface area contributed by atoms with Gasteiger partial charge in [0, 0.05) is 18.0 Å². The predicted octanol–water partition coefficient (Wildman–Crippen LogP) is 1.28. The summed E-state index contributed by atoms with van der Waals surface area (Å²) in [7, 11) is -0.571. The number of carbonyl (C=O) groups is 2. The van der Waals surface area contributed by atoms with Crippen LogP contribution in [-0.2, 0) is 18.9 Å². The van der Waals surface area contributed by atoms with E-state index in [4.69, 9.17) is 9.31 Å². The number of amides is 2. The van der Waals surface area contributed by atoms with E-state index in [-0.39, 0.29) is 17.9 Å². The zero-order valence-electron chi connectivity index (χ0n) is 16.4. The molecule has 0 bridgehead atoms. The highest BCUT2D eigenvalue weighted by molar-refractivity contribution is 6.62. The van der Waals surface area contributed by atoms with E-state index in [0.29, 0.717) is 11.8 Å². The van der Waals surface area contributed by atoms with E-state index in [2.05, 4.69) is 5.32 Å². The molecule has 1 N–H and O–H groups in total. The molecule has 2 amide bonds. The Bertz CT molecular complexity index is 1030. The van der Waals surface area contributed by atoms with Crippen LogP contribution in [0.2, 0.25) is 0 Å². The molecule has 2 aliphatic heterocycles. The van der Waals surface area contributed by atoms with Gasteiger partial charge < -0.3 is 13.9 Å². The molecular formula is C20H23BN2O5. The zero-order chi connectivity index (χ0) is 20.3. The number of piperidine rings is 1. The number of benzene rings is 1. The van der Waals surface area contributed by atoms with Crippen molar-refractivity contribution in [2.45, 2.75) is 57.8 Å². The van der Waals surface area contributed by atoms with E-state index in [9.17, 15) is 14.4 Å². The molecule has 0 spiro atoms. The first-order valence-electron chi connectivity index (χ1n) is 9.43. The van der Waals surface area contributed by atoms with Crippen molar-refractivity contribution in [2.24, 2.45) is 0 Å². The van der Waals surface area contributed by atoms with E-state index in [1.165, 1.54) is 4.57 Å². The molecule has 8 heteroatoms. The normalized spacial score (nSPS) is 23.9. The molecule has 2 fully saturated rings. The van der Waals surface area contributed by atoms with Gasteiger partial charge in [0.1, 0.15) is 6.04 Å². The second-order valence-electron chi connectivity index (χ2n) is 8.43. The molecule has 0 saturated carbocycles. The van der Waals surface area contributed by atoms with Crippen molar-refractivity contribution >= 4 is 35.2 Å². The van der Waals surface area contributed by atoms with E-state index < -0.39 is 30.3 Å². The van der Waals surface area contributed by atoms with E-state index in [0.717, 1.165) is 10.8 Å².